The largest absolute Gasteiger partial charge is 0.384 e. The van der Waals surface area contributed by atoms with Gasteiger partial charge >= 0.3 is 0 Å². The van der Waals surface area contributed by atoms with E-state index in [2.05, 4.69) is 15.0 Å². The number of H-pyrrole nitrogens is 2. The lowest BCUT2D eigenvalue weighted by Crippen LogP contribution is -2.89. The minimum atomic E-state index is -1.14. The number of aromatic nitrogens is 3. The number of nitrogens with zero attached hydrogens (tertiary/aromatic N) is 1. The summed E-state index contributed by atoms with van der Waals surface area (Å²) in [5.41, 5.74) is 1.00. The molecule has 0 bridgehead atoms. The molecule has 0 radical (unpaired) electrons. The first-order valence-corrected chi connectivity index (χ1v) is 5.95. The summed E-state index contributed by atoms with van der Waals surface area (Å²) in [6, 6.07) is -1.24. The molecule has 0 unspecified atom stereocenters. The lowest BCUT2D eigenvalue weighted by molar-refractivity contribution is -0.712. The first-order valence-electron chi connectivity index (χ1n) is 5.95. The molecule has 0 aliphatic carbocycles. The van der Waals surface area contributed by atoms with Gasteiger partial charge in [-0.25, -0.2) is 9.37 Å². The summed E-state index contributed by atoms with van der Waals surface area (Å²) >= 11 is 0. The molecule has 1 saturated heterocycles. The number of aliphatic hydroxyl groups is 2. The highest BCUT2D eigenvalue weighted by atomic mass is 19.1. The van der Waals surface area contributed by atoms with E-state index in [4.69, 9.17) is 0 Å². The number of halogens is 1. The highest BCUT2D eigenvalue weighted by Crippen LogP contribution is 2.25. The minimum absolute atomic E-state index is 0.302. The summed E-state index contributed by atoms with van der Waals surface area (Å²) in [6.45, 7) is -0.731. The molecule has 19 heavy (non-hydrogen) atoms. The number of alkyl halides is 1. The van der Waals surface area contributed by atoms with Crippen LogP contribution in [0.15, 0.2) is 17.3 Å². The minimum Gasteiger partial charge on any atom is -0.384 e. The highest BCUT2D eigenvalue weighted by Gasteiger charge is 2.47. The van der Waals surface area contributed by atoms with E-state index in [1.807, 2.05) is 0 Å². The standard InChI is InChI=1S/C11H13FN4O3/c12-1-5-9(17)10(18)7(16-5)4-2-13-8-6(4)14-3-15-11(8)19/h2-3,5,7,9-10,13,16-18H,1H2,(H,14,15,19)/p+1/t5-,7+,9-,10+/m1/s1. The van der Waals surface area contributed by atoms with E-state index in [-0.39, 0.29) is 5.56 Å². The fraction of sp³-hybridized carbons (Fsp3) is 0.455. The number of rotatable bonds is 2. The maximum absolute atomic E-state index is 12.7. The predicted molar refractivity (Wildman–Crippen MR) is 63.2 cm³/mol. The third-order valence-corrected chi connectivity index (χ3v) is 3.65. The van der Waals surface area contributed by atoms with E-state index in [9.17, 15) is 19.4 Å². The zero-order chi connectivity index (χ0) is 13.6. The Morgan fingerprint density at radius 3 is 2.84 bits per heavy atom. The van der Waals surface area contributed by atoms with Crippen molar-refractivity contribution in [2.75, 3.05) is 6.67 Å². The maximum atomic E-state index is 12.7. The molecular weight excluding hydrogens is 255 g/mol. The molecule has 0 spiro atoms. The molecule has 2 aromatic heterocycles. The molecule has 2 aromatic rings. The summed E-state index contributed by atoms with van der Waals surface area (Å²) in [5, 5.41) is 21.3. The van der Waals surface area contributed by atoms with Crippen LogP contribution in [0.3, 0.4) is 0 Å². The van der Waals surface area contributed by atoms with Crippen molar-refractivity contribution in [1.82, 2.24) is 15.0 Å². The van der Waals surface area contributed by atoms with Gasteiger partial charge in [0.2, 0.25) is 0 Å². The van der Waals surface area contributed by atoms with Gasteiger partial charge in [0, 0.05) is 6.20 Å². The fourth-order valence-electron chi connectivity index (χ4n) is 2.61. The molecule has 1 aliphatic heterocycles. The van der Waals surface area contributed by atoms with Gasteiger partial charge in [-0.2, -0.15) is 0 Å². The van der Waals surface area contributed by atoms with Crippen LogP contribution in [0.5, 0.6) is 0 Å². The molecule has 3 rings (SSSR count). The summed E-state index contributed by atoms with van der Waals surface area (Å²) in [6.07, 6.45) is 0.597. The van der Waals surface area contributed by atoms with Crippen LogP contribution in [-0.2, 0) is 0 Å². The van der Waals surface area contributed by atoms with Crippen LogP contribution in [0.1, 0.15) is 11.6 Å². The number of quaternary nitrogens is 1. The smallest absolute Gasteiger partial charge is 0.275 e. The Hall–Kier alpha value is -1.77. The summed E-state index contributed by atoms with van der Waals surface area (Å²) in [7, 11) is 0. The van der Waals surface area contributed by atoms with E-state index in [0.717, 1.165) is 0 Å². The molecule has 8 heteroatoms. The molecule has 7 nitrogen and oxygen atoms in total. The molecular formula is C11H14FN4O3+. The quantitative estimate of drug-likeness (QED) is 0.430. The van der Waals surface area contributed by atoms with Crippen LogP contribution in [0.25, 0.3) is 11.0 Å². The van der Waals surface area contributed by atoms with Crippen LogP contribution in [0.4, 0.5) is 4.39 Å². The van der Waals surface area contributed by atoms with Crippen molar-refractivity contribution in [3.05, 3.63) is 28.4 Å². The Bertz CT molecular complexity index is 655. The molecule has 1 aliphatic rings. The lowest BCUT2D eigenvalue weighted by atomic mass is 10.0. The second-order valence-electron chi connectivity index (χ2n) is 4.72. The average Bonchev–Trinajstić information content (AvgIpc) is 2.94. The molecule has 1 fully saturated rings. The molecule has 3 heterocycles. The Balaban J connectivity index is 2.06. The molecule has 4 atom stereocenters. The molecule has 102 valence electrons. The highest BCUT2D eigenvalue weighted by molar-refractivity contribution is 5.78. The Kier molecular flexibility index (Phi) is 2.85. The Morgan fingerprint density at radius 1 is 1.37 bits per heavy atom. The second-order valence-corrected chi connectivity index (χ2v) is 4.72. The maximum Gasteiger partial charge on any atom is 0.275 e. The van der Waals surface area contributed by atoms with Crippen LogP contribution < -0.4 is 10.9 Å². The van der Waals surface area contributed by atoms with Gasteiger partial charge < -0.3 is 25.5 Å². The monoisotopic (exact) mass is 269 g/mol. The first-order chi connectivity index (χ1) is 9.13. The number of aliphatic hydroxyl groups excluding tert-OH is 2. The number of nitrogens with two attached hydrogens (primary N) is 1. The topological polar surface area (TPSA) is 119 Å². The van der Waals surface area contributed by atoms with E-state index >= 15 is 0 Å². The first kappa shape index (κ1) is 12.3. The van der Waals surface area contributed by atoms with E-state index in [0.29, 0.717) is 16.6 Å². The van der Waals surface area contributed by atoms with Crippen molar-refractivity contribution in [3.8, 4) is 0 Å². The molecule has 0 saturated carbocycles. The van der Waals surface area contributed by atoms with Crippen molar-refractivity contribution < 1.29 is 19.9 Å². The number of fused-ring (bicyclic) bond motifs is 1. The summed E-state index contributed by atoms with van der Waals surface area (Å²) in [5.74, 6) is 0. The molecule has 6 N–H and O–H groups in total. The number of nitrogens with one attached hydrogen (secondary N) is 2. The van der Waals surface area contributed by atoms with Crippen LogP contribution in [0, 0.1) is 0 Å². The third-order valence-electron chi connectivity index (χ3n) is 3.65. The molecule has 0 amide bonds. The van der Waals surface area contributed by atoms with Crippen LogP contribution in [0.2, 0.25) is 0 Å². The lowest BCUT2D eigenvalue weighted by Gasteiger charge is -2.10. The van der Waals surface area contributed by atoms with Gasteiger partial charge in [0.1, 0.15) is 42.0 Å². The van der Waals surface area contributed by atoms with Crippen LogP contribution >= 0.6 is 0 Å². The molecule has 0 aromatic carbocycles. The van der Waals surface area contributed by atoms with Gasteiger partial charge in [-0.3, -0.25) is 4.79 Å². The summed E-state index contributed by atoms with van der Waals surface area (Å²) in [4.78, 5) is 20.9. The summed E-state index contributed by atoms with van der Waals surface area (Å²) < 4.78 is 12.7. The van der Waals surface area contributed by atoms with Crippen molar-refractivity contribution in [2.45, 2.75) is 24.3 Å². The van der Waals surface area contributed by atoms with Gasteiger partial charge in [-0.1, -0.05) is 0 Å². The van der Waals surface area contributed by atoms with Crippen molar-refractivity contribution in [3.63, 3.8) is 0 Å². The van der Waals surface area contributed by atoms with Gasteiger partial charge in [0.15, 0.2) is 0 Å². The van der Waals surface area contributed by atoms with Gasteiger partial charge in [0.25, 0.3) is 5.56 Å². The number of hydrogen-bond acceptors (Lipinski definition) is 4. The normalized spacial score (nSPS) is 31.1. The second kappa shape index (κ2) is 4.41. The van der Waals surface area contributed by atoms with Crippen molar-refractivity contribution in [1.29, 1.82) is 0 Å². The van der Waals surface area contributed by atoms with E-state index in [1.54, 1.807) is 11.5 Å². The van der Waals surface area contributed by atoms with Crippen molar-refractivity contribution in [2.24, 2.45) is 0 Å². The zero-order valence-corrected chi connectivity index (χ0v) is 9.88. The van der Waals surface area contributed by atoms with Gasteiger partial charge in [-0.15, -0.1) is 0 Å². The fourth-order valence-corrected chi connectivity index (χ4v) is 2.61. The number of aromatic amines is 2. The zero-order valence-electron chi connectivity index (χ0n) is 9.88. The van der Waals surface area contributed by atoms with Crippen LogP contribution in [-0.4, -0.2) is 50.1 Å². The SMILES string of the molecule is O=c1[nH]cnc2c([C@@H]3[NH2+][C@H](CF)[C@@H](O)[C@H]3O)c[nH]c12. The van der Waals surface area contributed by atoms with Gasteiger partial charge in [0.05, 0.1) is 11.9 Å². The predicted octanol–water partition coefficient (Wildman–Crippen LogP) is -2.07. The van der Waals surface area contributed by atoms with Gasteiger partial charge in [-0.05, 0) is 0 Å². The number of hydrogen-bond donors (Lipinski definition) is 5. The van der Waals surface area contributed by atoms with Crippen molar-refractivity contribution >= 4 is 11.0 Å². The Morgan fingerprint density at radius 2 is 2.16 bits per heavy atom. The third kappa shape index (κ3) is 1.76. The van der Waals surface area contributed by atoms with E-state index in [1.165, 1.54) is 6.33 Å². The Labute approximate surface area is 106 Å². The van der Waals surface area contributed by atoms with E-state index < -0.39 is 31.0 Å². The average molecular weight is 269 g/mol.